The smallest absolute Gasteiger partial charge is 0.254 e. The number of carbonyl (C=O) groups excluding carboxylic acids is 1. The summed E-state index contributed by atoms with van der Waals surface area (Å²) in [6.45, 7) is 11.6. The number of pyridine rings is 1. The monoisotopic (exact) mass is 550 g/mol. The fourth-order valence-corrected chi connectivity index (χ4v) is 5.79. The molecule has 10 heteroatoms. The highest BCUT2D eigenvalue weighted by Crippen LogP contribution is 2.47. The van der Waals surface area contributed by atoms with Gasteiger partial charge < -0.3 is 33.9 Å². The predicted molar refractivity (Wildman–Crippen MR) is 147 cm³/mol. The van der Waals surface area contributed by atoms with Crippen LogP contribution in [0, 0.1) is 23.7 Å². The topological polar surface area (TPSA) is 117 Å². The molecule has 0 aliphatic carbocycles. The average Bonchev–Trinajstić information content (AvgIpc) is 3.46. The first kappa shape index (κ1) is 28.1. The zero-order valence-corrected chi connectivity index (χ0v) is 24.0. The number of carbonyl (C=O) groups is 1. The van der Waals surface area contributed by atoms with Gasteiger partial charge in [-0.15, -0.1) is 0 Å². The number of anilines is 1. The van der Waals surface area contributed by atoms with Crippen molar-refractivity contribution < 1.29 is 28.8 Å². The van der Waals surface area contributed by atoms with Crippen molar-refractivity contribution >= 4 is 11.7 Å². The third-order valence-corrected chi connectivity index (χ3v) is 8.55. The van der Waals surface area contributed by atoms with Crippen LogP contribution in [-0.4, -0.2) is 84.9 Å². The summed E-state index contributed by atoms with van der Waals surface area (Å²) in [6.07, 6.45) is 0.330. The molecule has 214 valence electrons. The highest BCUT2D eigenvalue weighted by molar-refractivity contribution is 5.82. The molecule has 0 spiro atoms. The zero-order chi connectivity index (χ0) is 28.8. The number of benzene rings is 1. The largest absolute Gasteiger partial charge is 0.493 e. The van der Waals surface area contributed by atoms with Crippen molar-refractivity contribution in [2.45, 2.75) is 64.6 Å². The molecule has 2 aromatic rings. The first-order chi connectivity index (χ1) is 18.9. The number of aliphatic hydroxyl groups excluding tert-OH is 1. The van der Waals surface area contributed by atoms with Gasteiger partial charge in [0.2, 0.25) is 0 Å². The van der Waals surface area contributed by atoms with E-state index in [1.54, 1.807) is 45.0 Å². The Morgan fingerprint density at radius 2 is 1.98 bits per heavy atom. The van der Waals surface area contributed by atoms with Crippen LogP contribution in [0.25, 0.3) is 0 Å². The maximum Gasteiger partial charge on any atom is 0.254 e. The van der Waals surface area contributed by atoms with Gasteiger partial charge >= 0.3 is 0 Å². The number of methoxy groups -OCH3 is 1. The van der Waals surface area contributed by atoms with E-state index in [9.17, 15) is 15.2 Å². The molecule has 3 aliphatic heterocycles. The van der Waals surface area contributed by atoms with Crippen LogP contribution in [0.2, 0.25) is 0 Å². The number of aryl methyl sites for hydroxylation is 1. The lowest BCUT2D eigenvalue weighted by atomic mass is 9.72. The van der Waals surface area contributed by atoms with E-state index in [-0.39, 0.29) is 24.5 Å². The number of aliphatic hydroxyl groups is 1. The van der Waals surface area contributed by atoms with Crippen LogP contribution >= 0.6 is 0 Å². The predicted octanol–water partition coefficient (Wildman–Crippen LogP) is 3.00. The summed E-state index contributed by atoms with van der Waals surface area (Å²) in [4.78, 5) is 21.7. The molecule has 10 nitrogen and oxygen atoms in total. The quantitative estimate of drug-likeness (QED) is 0.555. The summed E-state index contributed by atoms with van der Waals surface area (Å²) in [5, 5.41) is 20.2. The van der Waals surface area contributed by atoms with Crippen molar-refractivity contribution in [3.63, 3.8) is 0 Å². The van der Waals surface area contributed by atoms with Crippen LogP contribution in [0.3, 0.4) is 0 Å². The number of rotatable bonds is 7. The van der Waals surface area contributed by atoms with Gasteiger partial charge in [0.15, 0.2) is 23.4 Å². The van der Waals surface area contributed by atoms with Crippen LogP contribution < -0.4 is 14.4 Å². The van der Waals surface area contributed by atoms with E-state index < -0.39 is 23.4 Å². The van der Waals surface area contributed by atoms with Gasteiger partial charge in [0.25, 0.3) is 5.91 Å². The minimum Gasteiger partial charge on any atom is -0.493 e. The molecular weight excluding hydrogens is 512 g/mol. The number of hydrogen-bond acceptors (Lipinski definition) is 9. The number of amides is 1. The van der Waals surface area contributed by atoms with Crippen molar-refractivity contribution in [3.8, 4) is 17.6 Å². The molecule has 40 heavy (non-hydrogen) atoms. The Morgan fingerprint density at radius 1 is 1.23 bits per heavy atom. The third kappa shape index (κ3) is 5.21. The molecule has 1 aromatic heterocycles. The fourth-order valence-electron chi connectivity index (χ4n) is 5.79. The van der Waals surface area contributed by atoms with Crippen LogP contribution in [0.1, 0.15) is 50.3 Å². The second kappa shape index (κ2) is 10.5. The number of nitrogens with zero attached hydrogens (tertiary/aromatic N) is 4. The van der Waals surface area contributed by atoms with Gasteiger partial charge in [0, 0.05) is 30.6 Å². The SMILES string of the molecule is COc1ccc([C@@H]2CN(C(=O)[C@@H]3COC(C)(C)O3)C[C@@]2(C)[C@@H](C)O)cc1OC1CN(c2cc(C#N)c(C)cn2)C1. The van der Waals surface area contributed by atoms with E-state index in [4.69, 9.17) is 18.9 Å². The lowest BCUT2D eigenvalue weighted by molar-refractivity contribution is -0.159. The fraction of sp³-hybridized carbons (Fsp3) is 0.567. The Morgan fingerprint density at radius 3 is 2.60 bits per heavy atom. The number of aromatic nitrogens is 1. The maximum atomic E-state index is 13.4. The molecule has 1 amide bonds. The standard InChI is InChI=1S/C30H38N4O6/c1-18-12-32-27(10-21(18)11-31)33-13-22(14-33)39-25-9-20(7-8-24(25)37-6)23-15-34(17-30(23,5)19(2)35)28(36)26-16-38-29(3,4)40-26/h7-10,12,19,22-23,26,35H,13-17H2,1-6H3/t19-,23+,26+,30+/m1/s1. The molecule has 3 fully saturated rings. The lowest BCUT2D eigenvalue weighted by Crippen LogP contribution is -2.54. The van der Waals surface area contributed by atoms with Crippen LogP contribution in [0.15, 0.2) is 30.5 Å². The molecule has 0 bridgehead atoms. The van der Waals surface area contributed by atoms with Gasteiger partial charge in [-0.25, -0.2) is 4.98 Å². The normalized spacial score (nSPS) is 26.8. The molecule has 3 aliphatic rings. The first-order valence-electron chi connectivity index (χ1n) is 13.7. The van der Waals surface area contributed by atoms with Crippen molar-refractivity contribution in [1.82, 2.24) is 9.88 Å². The Balaban J connectivity index is 1.32. The highest BCUT2D eigenvalue weighted by atomic mass is 16.7. The summed E-state index contributed by atoms with van der Waals surface area (Å²) in [7, 11) is 1.61. The second-order valence-electron chi connectivity index (χ2n) is 11.8. The van der Waals surface area contributed by atoms with E-state index in [1.165, 1.54) is 0 Å². The van der Waals surface area contributed by atoms with E-state index in [0.29, 0.717) is 43.2 Å². The number of likely N-dealkylation sites (tertiary alicyclic amines) is 1. The van der Waals surface area contributed by atoms with Crippen LogP contribution in [-0.2, 0) is 14.3 Å². The minimum absolute atomic E-state index is 0.0783. The summed E-state index contributed by atoms with van der Waals surface area (Å²) < 4.78 is 23.4. The lowest BCUT2D eigenvalue weighted by Gasteiger charge is -2.40. The summed E-state index contributed by atoms with van der Waals surface area (Å²) in [5.74, 6) is 0.950. The summed E-state index contributed by atoms with van der Waals surface area (Å²) >= 11 is 0. The van der Waals surface area contributed by atoms with E-state index in [0.717, 1.165) is 16.9 Å². The Kier molecular flexibility index (Phi) is 7.42. The molecule has 1 aromatic carbocycles. The highest BCUT2D eigenvalue weighted by Gasteiger charge is 2.50. The minimum atomic E-state index is -0.792. The average molecular weight is 551 g/mol. The van der Waals surface area contributed by atoms with E-state index >= 15 is 0 Å². The zero-order valence-electron chi connectivity index (χ0n) is 24.0. The molecule has 0 radical (unpaired) electrons. The number of nitriles is 1. The Hall–Kier alpha value is -3.39. The molecule has 4 heterocycles. The first-order valence-corrected chi connectivity index (χ1v) is 13.7. The maximum absolute atomic E-state index is 13.4. The molecule has 0 saturated carbocycles. The molecule has 0 unspecified atom stereocenters. The van der Waals surface area contributed by atoms with Crippen LogP contribution in [0.5, 0.6) is 11.5 Å². The molecule has 1 N–H and O–H groups in total. The summed E-state index contributed by atoms with van der Waals surface area (Å²) in [5.41, 5.74) is 1.86. The van der Waals surface area contributed by atoms with Gasteiger partial charge in [0.05, 0.1) is 44.5 Å². The van der Waals surface area contributed by atoms with Gasteiger partial charge in [-0.1, -0.05) is 13.0 Å². The van der Waals surface area contributed by atoms with Gasteiger partial charge in [0.1, 0.15) is 11.9 Å². The van der Waals surface area contributed by atoms with Gasteiger partial charge in [-0.3, -0.25) is 4.79 Å². The third-order valence-electron chi connectivity index (χ3n) is 8.55. The van der Waals surface area contributed by atoms with Crippen molar-refractivity contribution in [1.29, 1.82) is 5.26 Å². The van der Waals surface area contributed by atoms with Crippen molar-refractivity contribution in [2.24, 2.45) is 5.41 Å². The number of ether oxygens (including phenoxy) is 4. The van der Waals surface area contributed by atoms with Crippen molar-refractivity contribution in [3.05, 3.63) is 47.2 Å². The number of hydrogen-bond donors (Lipinski definition) is 1. The molecule has 3 saturated heterocycles. The molecule has 4 atom stereocenters. The van der Waals surface area contributed by atoms with E-state index in [1.807, 2.05) is 32.0 Å². The van der Waals surface area contributed by atoms with Crippen molar-refractivity contribution in [2.75, 3.05) is 44.8 Å². The molecular formula is C30H38N4O6. The van der Waals surface area contributed by atoms with E-state index in [2.05, 4.69) is 16.0 Å². The van der Waals surface area contributed by atoms with Gasteiger partial charge in [-0.05, 0) is 57.0 Å². The van der Waals surface area contributed by atoms with Gasteiger partial charge in [-0.2, -0.15) is 5.26 Å². The second-order valence-corrected chi connectivity index (χ2v) is 11.8. The summed E-state index contributed by atoms with van der Waals surface area (Å²) in [6, 6.07) is 9.85. The Labute approximate surface area is 235 Å². The van der Waals surface area contributed by atoms with Crippen LogP contribution in [0.4, 0.5) is 5.82 Å². The molecule has 5 rings (SSSR count). The Bertz CT molecular complexity index is 1320.